The normalized spacial score (nSPS) is 15.8. The van der Waals surface area contributed by atoms with E-state index in [2.05, 4.69) is 5.32 Å². The van der Waals surface area contributed by atoms with E-state index in [4.69, 9.17) is 21.1 Å². The van der Waals surface area contributed by atoms with Crippen LogP contribution in [-0.2, 0) is 24.3 Å². The molecule has 0 aliphatic carbocycles. The van der Waals surface area contributed by atoms with E-state index in [1.807, 2.05) is 0 Å². The fourth-order valence-corrected chi connectivity index (χ4v) is 4.78. The van der Waals surface area contributed by atoms with Gasteiger partial charge in [0, 0.05) is 23.8 Å². The van der Waals surface area contributed by atoms with E-state index in [0.29, 0.717) is 29.5 Å². The standard InChI is InChI=1S/C21H23ClN2O6S/c1-14-3-4-16(13-19(14)31(27,28)24-9-11-29-12-10-24)21(26)30-15(2)20(25)23-18-7-5-17(22)6-8-18/h3-8,13,15H,9-12H2,1-2H3,(H,23,25). The highest BCUT2D eigenvalue weighted by molar-refractivity contribution is 7.89. The number of hydrogen-bond donors (Lipinski definition) is 1. The number of nitrogens with one attached hydrogen (secondary N) is 1. The lowest BCUT2D eigenvalue weighted by Crippen LogP contribution is -2.40. The lowest BCUT2D eigenvalue weighted by molar-refractivity contribution is -0.123. The van der Waals surface area contributed by atoms with E-state index in [1.54, 1.807) is 37.3 Å². The third-order valence-corrected chi connectivity index (χ3v) is 7.07. The van der Waals surface area contributed by atoms with Crippen molar-refractivity contribution in [3.8, 4) is 0 Å². The smallest absolute Gasteiger partial charge is 0.338 e. The molecule has 1 atom stereocenters. The monoisotopic (exact) mass is 466 g/mol. The average Bonchev–Trinajstić information content (AvgIpc) is 2.76. The highest BCUT2D eigenvalue weighted by Crippen LogP contribution is 2.23. The Morgan fingerprint density at radius 2 is 1.77 bits per heavy atom. The van der Waals surface area contributed by atoms with Crippen molar-refractivity contribution in [2.75, 3.05) is 31.6 Å². The highest BCUT2D eigenvalue weighted by atomic mass is 35.5. The van der Waals surface area contributed by atoms with Gasteiger partial charge in [-0.1, -0.05) is 17.7 Å². The van der Waals surface area contributed by atoms with Crippen molar-refractivity contribution in [2.24, 2.45) is 0 Å². The number of sulfonamides is 1. The highest BCUT2D eigenvalue weighted by Gasteiger charge is 2.29. The molecule has 1 unspecified atom stereocenters. The van der Waals surface area contributed by atoms with E-state index < -0.39 is 28.0 Å². The van der Waals surface area contributed by atoms with Crippen molar-refractivity contribution in [1.29, 1.82) is 0 Å². The first-order valence-electron chi connectivity index (χ1n) is 9.64. The molecule has 2 aromatic carbocycles. The zero-order chi connectivity index (χ0) is 22.6. The van der Waals surface area contributed by atoms with Gasteiger partial charge in [-0.15, -0.1) is 0 Å². The van der Waals surface area contributed by atoms with Crippen LogP contribution in [0.5, 0.6) is 0 Å². The summed E-state index contributed by atoms with van der Waals surface area (Å²) in [6.45, 7) is 4.23. The Kier molecular flexibility index (Phi) is 7.32. The minimum atomic E-state index is -3.78. The molecule has 31 heavy (non-hydrogen) atoms. The number of halogens is 1. The van der Waals surface area contributed by atoms with Crippen LogP contribution in [0.4, 0.5) is 5.69 Å². The zero-order valence-corrected chi connectivity index (χ0v) is 18.7. The maximum atomic E-state index is 13.0. The zero-order valence-electron chi connectivity index (χ0n) is 17.1. The summed E-state index contributed by atoms with van der Waals surface area (Å²) in [5.74, 6) is -1.32. The molecule has 0 radical (unpaired) electrons. The third kappa shape index (κ3) is 5.62. The molecular weight excluding hydrogens is 444 g/mol. The van der Waals surface area contributed by atoms with E-state index in [0.717, 1.165) is 0 Å². The van der Waals surface area contributed by atoms with Crippen molar-refractivity contribution in [3.63, 3.8) is 0 Å². The fourth-order valence-electron chi connectivity index (χ4n) is 2.99. The molecule has 1 aliphatic rings. The lowest BCUT2D eigenvalue weighted by Gasteiger charge is -2.26. The molecule has 1 heterocycles. The summed E-state index contributed by atoms with van der Waals surface area (Å²) in [7, 11) is -3.78. The predicted octanol–water partition coefficient (Wildman–Crippen LogP) is 2.85. The topological polar surface area (TPSA) is 102 Å². The van der Waals surface area contributed by atoms with Crippen molar-refractivity contribution in [1.82, 2.24) is 4.31 Å². The summed E-state index contributed by atoms with van der Waals surface area (Å²) in [6, 6.07) is 10.8. The second kappa shape index (κ2) is 9.78. The largest absolute Gasteiger partial charge is 0.449 e. The molecule has 3 rings (SSSR count). The van der Waals surface area contributed by atoms with Crippen LogP contribution in [0.2, 0.25) is 5.02 Å². The first-order chi connectivity index (χ1) is 14.7. The Morgan fingerprint density at radius 1 is 1.13 bits per heavy atom. The molecule has 1 amide bonds. The summed E-state index contributed by atoms with van der Waals surface area (Å²) in [5.41, 5.74) is 1.06. The fraction of sp³-hybridized carbons (Fsp3) is 0.333. The van der Waals surface area contributed by atoms with Gasteiger partial charge in [0.2, 0.25) is 10.0 Å². The first-order valence-corrected chi connectivity index (χ1v) is 11.5. The van der Waals surface area contributed by atoms with Crippen LogP contribution in [0.25, 0.3) is 0 Å². The molecular formula is C21H23ClN2O6S. The number of benzene rings is 2. The van der Waals surface area contributed by atoms with E-state index in [-0.39, 0.29) is 23.5 Å². The van der Waals surface area contributed by atoms with Gasteiger partial charge in [-0.25, -0.2) is 13.2 Å². The van der Waals surface area contributed by atoms with Crippen LogP contribution in [-0.4, -0.2) is 57.0 Å². The molecule has 0 aromatic heterocycles. The van der Waals surface area contributed by atoms with Gasteiger partial charge in [-0.05, 0) is 55.8 Å². The van der Waals surface area contributed by atoms with Gasteiger partial charge in [-0.2, -0.15) is 4.31 Å². The number of aryl methyl sites for hydroxylation is 1. The molecule has 10 heteroatoms. The quantitative estimate of drug-likeness (QED) is 0.657. The number of amides is 1. The second-order valence-electron chi connectivity index (χ2n) is 7.04. The van der Waals surface area contributed by atoms with E-state index >= 15 is 0 Å². The van der Waals surface area contributed by atoms with Crippen LogP contribution in [0, 0.1) is 6.92 Å². The van der Waals surface area contributed by atoms with E-state index in [9.17, 15) is 18.0 Å². The first kappa shape index (κ1) is 23.2. The summed E-state index contributed by atoms with van der Waals surface area (Å²) < 4.78 is 37.8. The van der Waals surface area contributed by atoms with Crippen LogP contribution >= 0.6 is 11.6 Å². The Hall–Kier alpha value is -2.46. The molecule has 1 fully saturated rings. The van der Waals surface area contributed by atoms with Gasteiger partial charge in [0.05, 0.1) is 23.7 Å². The summed E-state index contributed by atoms with van der Waals surface area (Å²) in [6.07, 6.45) is -1.09. The molecule has 1 saturated heterocycles. The van der Waals surface area contributed by atoms with Crippen molar-refractivity contribution in [3.05, 3.63) is 58.6 Å². The molecule has 8 nitrogen and oxygen atoms in total. The number of carbonyl (C=O) groups is 2. The van der Waals surface area contributed by atoms with Gasteiger partial charge < -0.3 is 14.8 Å². The van der Waals surface area contributed by atoms with Gasteiger partial charge >= 0.3 is 5.97 Å². The summed E-state index contributed by atoms with van der Waals surface area (Å²) >= 11 is 5.82. The number of rotatable bonds is 6. The summed E-state index contributed by atoms with van der Waals surface area (Å²) in [4.78, 5) is 24.9. The maximum Gasteiger partial charge on any atom is 0.338 e. The van der Waals surface area contributed by atoms with Crippen LogP contribution in [0.15, 0.2) is 47.4 Å². The Morgan fingerprint density at radius 3 is 2.42 bits per heavy atom. The van der Waals surface area contributed by atoms with Crippen LogP contribution in [0.1, 0.15) is 22.8 Å². The van der Waals surface area contributed by atoms with E-state index in [1.165, 1.54) is 23.4 Å². The number of morpholine rings is 1. The van der Waals surface area contributed by atoms with Gasteiger partial charge in [0.1, 0.15) is 0 Å². The van der Waals surface area contributed by atoms with Gasteiger partial charge in [-0.3, -0.25) is 4.79 Å². The van der Waals surface area contributed by atoms with Crippen molar-refractivity contribution >= 4 is 39.2 Å². The molecule has 0 bridgehead atoms. The average molecular weight is 467 g/mol. The van der Waals surface area contributed by atoms with Crippen molar-refractivity contribution in [2.45, 2.75) is 24.8 Å². The SMILES string of the molecule is Cc1ccc(C(=O)OC(C)C(=O)Nc2ccc(Cl)cc2)cc1S(=O)(=O)N1CCOCC1. The molecule has 2 aromatic rings. The minimum Gasteiger partial charge on any atom is -0.449 e. The molecule has 1 aliphatic heterocycles. The minimum absolute atomic E-state index is 0.0297. The Bertz CT molecular complexity index is 1070. The Labute approximate surface area is 186 Å². The van der Waals surface area contributed by atoms with Crippen LogP contribution in [0.3, 0.4) is 0 Å². The Balaban J connectivity index is 1.72. The number of nitrogens with zero attached hydrogens (tertiary/aromatic N) is 1. The number of anilines is 1. The number of carbonyl (C=O) groups excluding carboxylic acids is 2. The maximum absolute atomic E-state index is 13.0. The number of esters is 1. The number of hydrogen-bond acceptors (Lipinski definition) is 6. The summed E-state index contributed by atoms with van der Waals surface area (Å²) in [5, 5.41) is 3.15. The number of ether oxygens (including phenoxy) is 2. The lowest BCUT2D eigenvalue weighted by atomic mass is 10.1. The second-order valence-corrected chi connectivity index (χ2v) is 9.38. The molecule has 166 valence electrons. The third-order valence-electron chi connectivity index (χ3n) is 4.78. The molecule has 0 saturated carbocycles. The van der Waals surface area contributed by atoms with Crippen LogP contribution < -0.4 is 5.32 Å². The molecule has 0 spiro atoms. The predicted molar refractivity (Wildman–Crippen MR) is 116 cm³/mol. The van der Waals surface area contributed by atoms with Crippen molar-refractivity contribution < 1.29 is 27.5 Å². The molecule has 1 N–H and O–H groups in total. The van der Waals surface area contributed by atoms with Gasteiger partial charge in [0.25, 0.3) is 5.91 Å². The van der Waals surface area contributed by atoms with Gasteiger partial charge in [0.15, 0.2) is 6.10 Å².